The van der Waals surface area contributed by atoms with E-state index in [0.717, 1.165) is 16.7 Å². The van der Waals surface area contributed by atoms with E-state index in [0.29, 0.717) is 26.4 Å². The highest BCUT2D eigenvalue weighted by Crippen LogP contribution is 2.36. The van der Waals surface area contributed by atoms with Crippen LogP contribution in [0.25, 0.3) is 0 Å². The van der Waals surface area contributed by atoms with Gasteiger partial charge in [-0.1, -0.05) is 91.0 Å². The van der Waals surface area contributed by atoms with Crippen LogP contribution in [0.2, 0.25) is 0 Å². The second-order valence-electron chi connectivity index (χ2n) is 9.86. The molecule has 0 spiro atoms. The average molecular weight is 462 g/mol. The molecule has 0 aliphatic rings. The maximum atomic E-state index is 6.51. The first-order valence-corrected chi connectivity index (χ1v) is 12.1. The molecule has 3 aromatic carbocycles. The summed E-state index contributed by atoms with van der Waals surface area (Å²) >= 11 is 0. The van der Waals surface area contributed by atoms with Crippen LogP contribution in [0.15, 0.2) is 91.0 Å². The summed E-state index contributed by atoms with van der Waals surface area (Å²) in [4.78, 5) is 6.51. The molecule has 0 fully saturated rings. The lowest BCUT2D eigenvalue weighted by molar-refractivity contribution is -0.308. The minimum Gasteiger partial charge on any atom is -0.375 e. The van der Waals surface area contributed by atoms with Crippen molar-refractivity contribution in [2.45, 2.75) is 65.0 Å². The number of nitrogens with zero attached hydrogens (tertiary/aromatic N) is 1. The van der Waals surface area contributed by atoms with Gasteiger partial charge in [-0.3, -0.25) is 4.84 Å². The van der Waals surface area contributed by atoms with Gasteiger partial charge in [-0.05, 0) is 51.3 Å². The van der Waals surface area contributed by atoms with Gasteiger partial charge >= 0.3 is 0 Å². The van der Waals surface area contributed by atoms with Crippen molar-refractivity contribution >= 4 is 0 Å². The lowest BCUT2D eigenvalue weighted by Gasteiger charge is -2.49. The van der Waals surface area contributed by atoms with Gasteiger partial charge in [-0.15, -0.1) is 0 Å². The largest absolute Gasteiger partial charge is 0.375 e. The predicted molar refractivity (Wildman–Crippen MR) is 138 cm³/mol. The monoisotopic (exact) mass is 461 g/mol. The Morgan fingerprint density at radius 1 is 0.647 bits per heavy atom. The molecule has 34 heavy (non-hydrogen) atoms. The summed E-state index contributed by atoms with van der Waals surface area (Å²) in [5.41, 5.74) is 2.51. The van der Waals surface area contributed by atoms with E-state index in [2.05, 4.69) is 88.2 Å². The molecule has 3 rings (SSSR count). The second kappa shape index (κ2) is 12.3. The molecule has 0 aliphatic heterocycles. The number of rotatable bonds is 13. The van der Waals surface area contributed by atoms with Gasteiger partial charge in [0.25, 0.3) is 0 Å². The second-order valence-corrected chi connectivity index (χ2v) is 9.86. The normalized spacial score (nSPS) is 13.9. The maximum absolute atomic E-state index is 6.51. The quantitative estimate of drug-likeness (QED) is 0.263. The molecule has 1 unspecified atom stereocenters. The SMILES string of the molecule is CC(C)ON(C(C)(C)COCc1ccccc1)C(C)(COCc1ccccc1)c1ccccc1. The number of hydroxylamine groups is 2. The minimum absolute atomic E-state index is 0.00515. The van der Waals surface area contributed by atoms with Gasteiger partial charge < -0.3 is 9.47 Å². The molecular formula is C30H39NO3. The highest BCUT2D eigenvalue weighted by Gasteiger charge is 2.44. The number of benzene rings is 3. The fourth-order valence-electron chi connectivity index (χ4n) is 4.19. The van der Waals surface area contributed by atoms with Crippen LogP contribution in [0.5, 0.6) is 0 Å². The maximum Gasteiger partial charge on any atom is 0.0923 e. The molecule has 0 aliphatic carbocycles. The Bertz CT molecular complexity index is 960. The van der Waals surface area contributed by atoms with Crippen LogP contribution in [0.4, 0.5) is 0 Å². The van der Waals surface area contributed by atoms with E-state index in [1.807, 2.05) is 42.5 Å². The van der Waals surface area contributed by atoms with Crippen LogP contribution in [0.1, 0.15) is 51.3 Å². The van der Waals surface area contributed by atoms with Crippen molar-refractivity contribution in [3.8, 4) is 0 Å². The first kappa shape index (κ1) is 26.1. The molecule has 0 radical (unpaired) electrons. The number of ether oxygens (including phenoxy) is 2. The van der Waals surface area contributed by atoms with Gasteiger partial charge in [0.2, 0.25) is 0 Å². The first-order valence-electron chi connectivity index (χ1n) is 12.1. The highest BCUT2D eigenvalue weighted by atomic mass is 16.7. The van der Waals surface area contributed by atoms with E-state index >= 15 is 0 Å². The van der Waals surface area contributed by atoms with Crippen molar-refractivity contribution in [2.24, 2.45) is 0 Å². The van der Waals surface area contributed by atoms with Gasteiger partial charge in [0.05, 0.1) is 43.6 Å². The van der Waals surface area contributed by atoms with Crippen molar-refractivity contribution in [3.63, 3.8) is 0 Å². The van der Waals surface area contributed by atoms with Gasteiger partial charge in [-0.25, -0.2) is 0 Å². The standard InChI is InChI=1S/C30H39NO3/c1-25(2)34-31(29(3,4)23-32-21-26-15-9-6-10-16-26)30(5,28-19-13-8-14-20-28)24-33-22-27-17-11-7-12-18-27/h6-20,25H,21-24H2,1-5H3. The van der Waals surface area contributed by atoms with Crippen LogP contribution in [-0.2, 0) is 33.1 Å². The fourth-order valence-corrected chi connectivity index (χ4v) is 4.19. The first-order chi connectivity index (χ1) is 16.3. The molecule has 3 aromatic rings. The van der Waals surface area contributed by atoms with Crippen molar-refractivity contribution in [1.29, 1.82) is 0 Å². The van der Waals surface area contributed by atoms with Gasteiger partial charge in [0.15, 0.2) is 0 Å². The Kier molecular flexibility index (Phi) is 9.43. The van der Waals surface area contributed by atoms with Crippen LogP contribution < -0.4 is 0 Å². The zero-order valence-electron chi connectivity index (χ0n) is 21.2. The van der Waals surface area contributed by atoms with Crippen molar-refractivity contribution < 1.29 is 14.3 Å². The molecule has 0 aromatic heterocycles. The molecule has 4 heteroatoms. The van der Waals surface area contributed by atoms with Crippen molar-refractivity contribution in [1.82, 2.24) is 5.06 Å². The zero-order chi connectivity index (χ0) is 24.4. The van der Waals surface area contributed by atoms with Crippen molar-refractivity contribution in [3.05, 3.63) is 108 Å². The third-order valence-corrected chi connectivity index (χ3v) is 5.77. The molecule has 1 atom stereocenters. The van der Waals surface area contributed by atoms with E-state index in [9.17, 15) is 0 Å². The molecule has 0 amide bonds. The van der Waals surface area contributed by atoms with Crippen LogP contribution in [-0.4, -0.2) is 29.9 Å². The van der Waals surface area contributed by atoms with Crippen LogP contribution >= 0.6 is 0 Å². The highest BCUT2D eigenvalue weighted by molar-refractivity contribution is 5.24. The number of hydrogen-bond acceptors (Lipinski definition) is 4. The molecule has 0 saturated carbocycles. The Morgan fingerprint density at radius 3 is 1.56 bits per heavy atom. The lowest BCUT2D eigenvalue weighted by atomic mass is 9.88. The molecular weight excluding hydrogens is 422 g/mol. The summed E-state index contributed by atoms with van der Waals surface area (Å²) in [5.74, 6) is 0. The summed E-state index contributed by atoms with van der Waals surface area (Å²) in [7, 11) is 0. The van der Waals surface area contributed by atoms with E-state index in [1.54, 1.807) is 0 Å². The summed E-state index contributed by atoms with van der Waals surface area (Å²) in [6.07, 6.45) is 0.00515. The molecule has 0 bridgehead atoms. The van der Waals surface area contributed by atoms with Gasteiger partial charge in [-0.2, -0.15) is 5.06 Å². The van der Waals surface area contributed by atoms with Crippen LogP contribution in [0.3, 0.4) is 0 Å². The predicted octanol–water partition coefficient (Wildman–Crippen LogP) is 6.76. The minimum atomic E-state index is -0.528. The van der Waals surface area contributed by atoms with Gasteiger partial charge in [0.1, 0.15) is 0 Å². The van der Waals surface area contributed by atoms with E-state index in [-0.39, 0.29) is 6.10 Å². The average Bonchev–Trinajstić information content (AvgIpc) is 2.84. The smallest absolute Gasteiger partial charge is 0.0923 e. The Morgan fingerprint density at radius 2 is 1.09 bits per heavy atom. The Labute approximate surface area is 205 Å². The Hall–Kier alpha value is -2.50. The topological polar surface area (TPSA) is 30.9 Å². The number of hydrogen-bond donors (Lipinski definition) is 0. The summed E-state index contributed by atoms with van der Waals surface area (Å²) in [6.45, 7) is 12.7. The molecule has 0 heterocycles. The van der Waals surface area contributed by atoms with E-state index in [1.165, 1.54) is 0 Å². The molecule has 0 saturated heterocycles. The molecule has 4 nitrogen and oxygen atoms in total. The molecule has 182 valence electrons. The van der Waals surface area contributed by atoms with E-state index in [4.69, 9.17) is 14.3 Å². The Balaban J connectivity index is 1.82. The third kappa shape index (κ3) is 7.25. The van der Waals surface area contributed by atoms with Gasteiger partial charge in [0, 0.05) is 0 Å². The molecule has 0 N–H and O–H groups in total. The van der Waals surface area contributed by atoms with Crippen molar-refractivity contribution in [2.75, 3.05) is 13.2 Å². The summed E-state index contributed by atoms with van der Waals surface area (Å²) in [6, 6.07) is 31.0. The summed E-state index contributed by atoms with van der Waals surface area (Å²) in [5, 5.41) is 2.09. The van der Waals surface area contributed by atoms with E-state index < -0.39 is 11.1 Å². The zero-order valence-corrected chi connectivity index (χ0v) is 21.2. The third-order valence-electron chi connectivity index (χ3n) is 5.77. The summed E-state index contributed by atoms with van der Waals surface area (Å²) < 4.78 is 12.5. The lowest BCUT2D eigenvalue weighted by Crippen LogP contribution is -2.59. The fraction of sp³-hybridized carbons (Fsp3) is 0.400. The van der Waals surface area contributed by atoms with Crippen LogP contribution in [0, 0.1) is 0 Å².